The summed E-state index contributed by atoms with van der Waals surface area (Å²) < 4.78 is 7.50. The quantitative estimate of drug-likeness (QED) is 0.672. The normalized spacial score (nSPS) is 15.1. The predicted molar refractivity (Wildman–Crippen MR) is 119 cm³/mol. The van der Waals surface area contributed by atoms with Crippen LogP contribution in [-0.4, -0.2) is 64.5 Å². The molecule has 1 aliphatic heterocycles. The number of hydrogen-bond donors (Lipinski definition) is 1. The van der Waals surface area contributed by atoms with Gasteiger partial charge in [0.2, 0.25) is 0 Å². The summed E-state index contributed by atoms with van der Waals surface area (Å²) in [6.07, 6.45) is 1.73. The maximum absolute atomic E-state index is 12.9. The molecular weight excluding hydrogens is 380 g/mol. The van der Waals surface area contributed by atoms with Gasteiger partial charge in [0.05, 0.1) is 17.9 Å². The Morgan fingerprint density at radius 2 is 1.90 bits per heavy atom. The van der Waals surface area contributed by atoms with Gasteiger partial charge in [0.1, 0.15) is 17.1 Å². The molecule has 0 saturated carbocycles. The van der Waals surface area contributed by atoms with Crippen molar-refractivity contribution in [2.45, 2.75) is 26.7 Å². The van der Waals surface area contributed by atoms with Crippen LogP contribution in [0.25, 0.3) is 22.4 Å². The molecule has 0 unspecified atom stereocenters. The number of nitrogens with one attached hydrogen (secondary N) is 1. The van der Waals surface area contributed by atoms with Crippen LogP contribution < -0.4 is 15.2 Å². The summed E-state index contributed by atoms with van der Waals surface area (Å²) in [5.41, 5.74) is 3.78. The van der Waals surface area contributed by atoms with Crippen LogP contribution in [0, 0.1) is 0 Å². The fraction of sp³-hybridized carbons (Fsp3) is 0.500. The minimum Gasteiger partial charge on any atom is -0.493 e. The van der Waals surface area contributed by atoms with Gasteiger partial charge in [0.15, 0.2) is 5.52 Å². The van der Waals surface area contributed by atoms with E-state index in [1.54, 1.807) is 11.7 Å². The number of anilines is 1. The van der Waals surface area contributed by atoms with Gasteiger partial charge in [-0.05, 0) is 38.6 Å². The van der Waals surface area contributed by atoms with E-state index in [9.17, 15) is 4.79 Å². The lowest BCUT2D eigenvalue weighted by atomic mass is 10.1. The van der Waals surface area contributed by atoms with Gasteiger partial charge in [0.25, 0.3) is 5.56 Å². The molecule has 1 N–H and O–H groups in total. The summed E-state index contributed by atoms with van der Waals surface area (Å²) >= 11 is 0. The Kier molecular flexibility index (Phi) is 5.76. The molecule has 8 nitrogen and oxygen atoms in total. The lowest BCUT2D eigenvalue weighted by Gasteiger charge is -2.34. The summed E-state index contributed by atoms with van der Waals surface area (Å²) in [7, 11) is 3.93. The Bertz CT molecular complexity index is 1090. The molecule has 3 aromatic rings. The molecule has 1 aromatic carbocycles. The number of aryl methyl sites for hydroxylation is 2. The summed E-state index contributed by atoms with van der Waals surface area (Å²) in [6, 6.07) is 6.15. The first-order valence-electron chi connectivity index (χ1n) is 10.7. The van der Waals surface area contributed by atoms with Crippen LogP contribution >= 0.6 is 0 Å². The average Bonchev–Trinajstić information content (AvgIpc) is 3.05. The number of likely N-dealkylation sites (N-methyl/N-ethyl adjacent to an activating group) is 1. The minimum atomic E-state index is -0.181. The largest absolute Gasteiger partial charge is 0.493 e. The monoisotopic (exact) mass is 410 g/mol. The van der Waals surface area contributed by atoms with Gasteiger partial charge in [-0.1, -0.05) is 13.3 Å². The Morgan fingerprint density at radius 1 is 1.13 bits per heavy atom. The van der Waals surface area contributed by atoms with Crippen LogP contribution in [0.2, 0.25) is 0 Å². The number of hydrogen-bond acceptors (Lipinski definition) is 6. The van der Waals surface area contributed by atoms with E-state index in [1.165, 1.54) is 0 Å². The van der Waals surface area contributed by atoms with E-state index >= 15 is 0 Å². The number of fused-ring (bicyclic) bond motifs is 1. The number of aromatic amines is 1. The fourth-order valence-corrected chi connectivity index (χ4v) is 4.03. The molecule has 8 heteroatoms. The van der Waals surface area contributed by atoms with Gasteiger partial charge in [-0.15, -0.1) is 0 Å². The number of rotatable bonds is 6. The number of benzene rings is 1. The second-order valence-electron chi connectivity index (χ2n) is 7.84. The Hall–Kier alpha value is -2.87. The Morgan fingerprint density at radius 3 is 2.60 bits per heavy atom. The topological polar surface area (TPSA) is 79.3 Å². The third-order valence-electron chi connectivity index (χ3n) is 5.64. The molecule has 1 aliphatic rings. The van der Waals surface area contributed by atoms with Crippen molar-refractivity contribution in [3.8, 4) is 17.1 Å². The Balaban J connectivity index is 1.83. The molecule has 1 fully saturated rings. The number of ether oxygens (including phenoxy) is 1. The van der Waals surface area contributed by atoms with Crippen LogP contribution in [0.5, 0.6) is 5.75 Å². The first kappa shape index (κ1) is 20.4. The highest BCUT2D eigenvalue weighted by molar-refractivity contribution is 5.80. The van der Waals surface area contributed by atoms with E-state index in [0.29, 0.717) is 23.5 Å². The van der Waals surface area contributed by atoms with E-state index < -0.39 is 0 Å². The molecule has 3 heterocycles. The van der Waals surface area contributed by atoms with Crippen LogP contribution in [0.4, 0.5) is 5.69 Å². The van der Waals surface area contributed by atoms with Crippen LogP contribution in [0.3, 0.4) is 0 Å². The van der Waals surface area contributed by atoms with Crippen molar-refractivity contribution in [3.05, 3.63) is 34.2 Å². The van der Waals surface area contributed by atoms with E-state index in [0.717, 1.165) is 61.7 Å². The van der Waals surface area contributed by atoms with Crippen molar-refractivity contribution in [2.75, 3.05) is 44.7 Å². The van der Waals surface area contributed by atoms with Gasteiger partial charge in [-0.25, -0.2) is 4.98 Å². The zero-order valence-electron chi connectivity index (χ0n) is 18.2. The standard InChI is InChI=1S/C22H30N6O2/c1-5-7-17-19-20(27(4)25-17)22(29)24-21(23-19)16-14-15(8-9-18(16)30-6-2)28-12-10-26(3)11-13-28/h8-9,14H,5-7,10-13H2,1-4H3,(H,23,24,29). The van der Waals surface area contributed by atoms with Gasteiger partial charge in [-0.2, -0.15) is 5.10 Å². The zero-order chi connectivity index (χ0) is 21.3. The molecule has 2 aromatic heterocycles. The first-order chi connectivity index (χ1) is 14.5. The number of nitrogens with zero attached hydrogens (tertiary/aromatic N) is 5. The lowest BCUT2D eigenvalue weighted by molar-refractivity contribution is 0.312. The third-order valence-corrected chi connectivity index (χ3v) is 5.64. The van der Waals surface area contributed by atoms with E-state index in [4.69, 9.17) is 9.72 Å². The van der Waals surface area contributed by atoms with Crippen molar-refractivity contribution in [1.82, 2.24) is 24.6 Å². The van der Waals surface area contributed by atoms with Gasteiger partial charge >= 0.3 is 0 Å². The molecule has 0 aliphatic carbocycles. The van der Waals surface area contributed by atoms with Crippen molar-refractivity contribution in [2.24, 2.45) is 7.05 Å². The van der Waals surface area contributed by atoms with Crippen LogP contribution in [0.1, 0.15) is 26.0 Å². The molecular formula is C22H30N6O2. The van der Waals surface area contributed by atoms with E-state index in [2.05, 4.69) is 46.0 Å². The van der Waals surface area contributed by atoms with E-state index in [-0.39, 0.29) is 5.56 Å². The SMILES string of the molecule is CCCc1nn(C)c2c(=O)[nH]c(-c3cc(N4CCN(C)CC4)ccc3OCC)nc12. The molecule has 0 radical (unpaired) electrons. The van der Waals surface area contributed by atoms with Gasteiger partial charge in [0, 0.05) is 38.9 Å². The third kappa shape index (κ3) is 3.79. The molecule has 1 saturated heterocycles. The number of H-pyrrole nitrogens is 1. The first-order valence-corrected chi connectivity index (χ1v) is 10.7. The predicted octanol–water partition coefficient (Wildman–Crippen LogP) is 2.43. The zero-order valence-corrected chi connectivity index (χ0v) is 18.2. The van der Waals surface area contributed by atoms with Crippen molar-refractivity contribution in [1.29, 1.82) is 0 Å². The van der Waals surface area contributed by atoms with Crippen molar-refractivity contribution < 1.29 is 4.74 Å². The van der Waals surface area contributed by atoms with E-state index in [1.807, 2.05) is 13.0 Å². The lowest BCUT2D eigenvalue weighted by Crippen LogP contribution is -2.44. The van der Waals surface area contributed by atoms with Crippen molar-refractivity contribution in [3.63, 3.8) is 0 Å². The fourth-order valence-electron chi connectivity index (χ4n) is 4.03. The summed E-state index contributed by atoms with van der Waals surface area (Å²) in [6.45, 7) is 8.59. The second-order valence-corrected chi connectivity index (χ2v) is 7.84. The highest BCUT2D eigenvalue weighted by atomic mass is 16.5. The maximum atomic E-state index is 12.9. The summed E-state index contributed by atoms with van der Waals surface area (Å²) in [5, 5.41) is 4.52. The van der Waals surface area contributed by atoms with Crippen LogP contribution in [0.15, 0.2) is 23.0 Å². The smallest absolute Gasteiger partial charge is 0.277 e. The molecule has 0 atom stereocenters. The van der Waals surface area contributed by atoms with Crippen molar-refractivity contribution >= 4 is 16.7 Å². The van der Waals surface area contributed by atoms with Crippen LogP contribution in [-0.2, 0) is 13.5 Å². The Labute approximate surface area is 176 Å². The highest BCUT2D eigenvalue weighted by Gasteiger charge is 2.20. The summed E-state index contributed by atoms with van der Waals surface area (Å²) in [4.78, 5) is 25.4. The molecule has 0 bridgehead atoms. The number of piperazine rings is 1. The van der Waals surface area contributed by atoms with Gasteiger partial charge in [-0.3, -0.25) is 9.48 Å². The average molecular weight is 411 g/mol. The maximum Gasteiger partial charge on any atom is 0.277 e. The second kappa shape index (κ2) is 8.47. The molecule has 30 heavy (non-hydrogen) atoms. The van der Waals surface area contributed by atoms with Gasteiger partial charge < -0.3 is 19.5 Å². The molecule has 0 spiro atoms. The summed E-state index contributed by atoms with van der Waals surface area (Å²) in [5.74, 6) is 1.25. The molecule has 160 valence electrons. The molecule has 0 amide bonds. The minimum absolute atomic E-state index is 0.181. The highest BCUT2D eigenvalue weighted by Crippen LogP contribution is 2.33. The molecule has 4 rings (SSSR count). The number of aromatic nitrogens is 4.